The second kappa shape index (κ2) is 6.34. The topological polar surface area (TPSA) is 72.1 Å². The third kappa shape index (κ3) is 2.52. The number of imide groups is 1. The Kier molecular flexibility index (Phi) is 3.91. The van der Waals surface area contributed by atoms with Gasteiger partial charge in [0.05, 0.1) is 30.7 Å². The van der Waals surface area contributed by atoms with Crippen LogP contribution in [0.4, 0.5) is 0 Å². The normalized spacial score (nSPS) is 28.0. The molecular formula is C21H17ClN2O4. The summed E-state index contributed by atoms with van der Waals surface area (Å²) in [5.74, 6) is 0.981. The summed E-state index contributed by atoms with van der Waals surface area (Å²) in [6.07, 6.45) is 6.41. The van der Waals surface area contributed by atoms with Crippen LogP contribution in [0, 0.1) is 23.7 Å². The highest BCUT2D eigenvalue weighted by Gasteiger charge is 2.59. The van der Waals surface area contributed by atoms with E-state index in [0.717, 1.165) is 11.4 Å². The summed E-state index contributed by atoms with van der Waals surface area (Å²) in [6.45, 7) is 0. The number of carbonyl (C=O) groups excluding carboxylic acids is 2. The Labute approximate surface area is 166 Å². The monoisotopic (exact) mass is 396 g/mol. The first-order valence-electron chi connectivity index (χ1n) is 9.10. The molecule has 0 unspecified atom stereocenters. The third-order valence-corrected chi connectivity index (χ3v) is 6.04. The van der Waals surface area contributed by atoms with Crippen LogP contribution in [-0.2, 0) is 9.59 Å². The molecule has 5 rings (SSSR count). The second-order valence-corrected chi connectivity index (χ2v) is 7.72. The number of benzene rings is 1. The van der Waals surface area contributed by atoms with Gasteiger partial charge in [0, 0.05) is 5.02 Å². The molecule has 1 aliphatic heterocycles. The lowest BCUT2D eigenvalue weighted by Gasteiger charge is -2.13. The van der Waals surface area contributed by atoms with E-state index in [0.29, 0.717) is 27.9 Å². The maximum absolute atomic E-state index is 12.7. The van der Waals surface area contributed by atoms with Crippen LogP contribution in [0.5, 0.6) is 5.75 Å². The van der Waals surface area contributed by atoms with Gasteiger partial charge in [0.1, 0.15) is 17.3 Å². The number of hydrogen-bond acceptors (Lipinski definition) is 5. The Balaban J connectivity index is 1.38. The van der Waals surface area contributed by atoms with Gasteiger partial charge in [-0.1, -0.05) is 23.8 Å². The highest BCUT2D eigenvalue weighted by atomic mass is 35.5. The molecule has 28 heavy (non-hydrogen) atoms. The Morgan fingerprint density at radius 2 is 1.86 bits per heavy atom. The van der Waals surface area contributed by atoms with Crippen molar-refractivity contribution in [2.24, 2.45) is 28.8 Å². The Hall–Kier alpha value is -2.86. The van der Waals surface area contributed by atoms with E-state index < -0.39 is 0 Å². The molecule has 2 heterocycles. The summed E-state index contributed by atoms with van der Waals surface area (Å²) in [5.41, 5.74) is 0.708. The molecule has 4 atom stereocenters. The molecule has 142 valence electrons. The van der Waals surface area contributed by atoms with Gasteiger partial charge in [-0.2, -0.15) is 10.1 Å². The van der Waals surface area contributed by atoms with E-state index in [1.54, 1.807) is 37.4 Å². The molecule has 2 aliphatic carbocycles. The zero-order chi connectivity index (χ0) is 19.4. The average Bonchev–Trinajstić information content (AvgIpc) is 3.46. The van der Waals surface area contributed by atoms with Gasteiger partial charge in [-0.05, 0) is 48.6 Å². The van der Waals surface area contributed by atoms with Crippen LogP contribution in [0.25, 0.3) is 11.3 Å². The minimum atomic E-state index is -0.262. The Morgan fingerprint density at radius 1 is 1.14 bits per heavy atom. The standard InChI is InChI=1S/C21H17ClN2O4/c1-27-16-6-4-13(22)9-15(16)17-7-5-14(28-17)10-23-24-20(25)18-11-2-3-12(8-11)19(18)21(24)26/h2-7,9-12,18-19H,8H2,1H3/b23-10-/t11-,12-,18-,19+/m0/s1. The molecular weight excluding hydrogens is 380 g/mol. The number of amides is 2. The van der Waals surface area contributed by atoms with Crippen LogP contribution in [0.3, 0.4) is 0 Å². The van der Waals surface area contributed by atoms with Crippen molar-refractivity contribution in [3.8, 4) is 17.1 Å². The lowest BCUT2D eigenvalue weighted by Crippen LogP contribution is -2.28. The molecule has 2 fully saturated rings. The molecule has 0 spiro atoms. The molecule has 1 saturated carbocycles. The van der Waals surface area contributed by atoms with Gasteiger partial charge in [0.15, 0.2) is 0 Å². The van der Waals surface area contributed by atoms with E-state index >= 15 is 0 Å². The molecule has 0 N–H and O–H groups in total. The summed E-state index contributed by atoms with van der Waals surface area (Å²) in [4.78, 5) is 25.3. The number of methoxy groups -OCH3 is 1. The van der Waals surface area contributed by atoms with Gasteiger partial charge in [-0.15, -0.1) is 0 Å². The number of hydrazone groups is 1. The lowest BCUT2D eigenvalue weighted by molar-refractivity contribution is -0.140. The number of rotatable bonds is 4. The van der Waals surface area contributed by atoms with Gasteiger partial charge in [0.25, 0.3) is 11.8 Å². The van der Waals surface area contributed by atoms with E-state index in [9.17, 15) is 9.59 Å². The predicted molar refractivity (Wildman–Crippen MR) is 103 cm³/mol. The zero-order valence-corrected chi connectivity index (χ0v) is 15.8. The van der Waals surface area contributed by atoms with Crippen LogP contribution in [0.15, 0.2) is 52.0 Å². The van der Waals surface area contributed by atoms with E-state index in [4.69, 9.17) is 20.8 Å². The first kappa shape index (κ1) is 17.3. The van der Waals surface area contributed by atoms with Crippen molar-refractivity contribution in [3.63, 3.8) is 0 Å². The summed E-state index contributed by atoms with van der Waals surface area (Å²) in [5, 5.41) is 5.70. The zero-order valence-electron chi connectivity index (χ0n) is 15.0. The van der Waals surface area contributed by atoms with Gasteiger partial charge in [-0.25, -0.2) is 0 Å². The number of ether oxygens (including phenoxy) is 1. The maximum Gasteiger partial charge on any atom is 0.254 e. The smallest absolute Gasteiger partial charge is 0.254 e. The number of nitrogens with zero attached hydrogens (tertiary/aromatic N) is 2. The van der Waals surface area contributed by atoms with Crippen molar-refractivity contribution in [1.29, 1.82) is 0 Å². The van der Waals surface area contributed by atoms with Gasteiger partial charge >= 0.3 is 0 Å². The van der Waals surface area contributed by atoms with Crippen molar-refractivity contribution in [2.45, 2.75) is 6.42 Å². The minimum absolute atomic E-state index is 0.164. The predicted octanol–water partition coefficient (Wildman–Crippen LogP) is 3.75. The van der Waals surface area contributed by atoms with Crippen molar-refractivity contribution >= 4 is 29.6 Å². The molecule has 6 nitrogen and oxygen atoms in total. The van der Waals surface area contributed by atoms with Crippen LogP contribution in [0.1, 0.15) is 12.2 Å². The van der Waals surface area contributed by atoms with Crippen molar-refractivity contribution in [1.82, 2.24) is 5.01 Å². The molecule has 2 amide bonds. The molecule has 1 saturated heterocycles. The van der Waals surface area contributed by atoms with Gasteiger partial charge < -0.3 is 9.15 Å². The Morgan fingerprint density at radius 3 is 2.54 bits per heavy atom. The molecule has 3 aliphatic rings. The van der Waals surface area contributed by atoms with Crippen LogP contribution in [0.2, 0.25) is 5.02 Å². The number of carbonyl (C=O) groups is 2. The van der Waals surface area contributed by atoms with Crippen molar-refractivity contribution in [3.05, 3.63) is 53.3 Å². The van der Waals surface area contributed by atoms with Crippen LogP contribution >= 0.6 is 11.6 Å². The summed E-state index contributed by atoms with van der Waals surface area (Å²) in [7, 11) is 1.57. The second-order valence-electron chi connectivity index (χ2n) is 7.28. The fraction of sp³-hybridized carbons (Fsp3) is 0.286. The molecule has 1 aromatic heterocycles. The first-order valence-corrected chi connectivity index (χ1v) is 9.48. The van der Waals surface area contributed by atoms with Gasteiger partial charge in [-0.3, -0.25) is 9.59 Å². The van der Waals surface area contributed by atoms with E-state index in [1.807, 2.05) is 0 Å². The maximum atomic E-state index is 12.7. The summed E-state index contributed by atoms with van der Waals surface area (Å²) < 4.78 is 11.1. The molecule has 2 bridgehead atoms. The largest absolute Gasteiger partial charge is 0.496 e. The number of allylic oxidation sites excluding steroid dienone is 2. The van der Waals surface area contributed by atoms with E-state index in [2.05, 4.69) is 17.3 Å². The first-order chi connectivity index (χ1) is 13.6. The third-order valence-electron chi connectivity index (χ3n) is 5.80. The number of furan rings is 1. The van der Waals surface area contributed by atoms with Crippen molar-refractivity contribution in [2.75, 3.05) is 7.11 Å². The van der Waals surface area contributed by atoms with E-state index in [-0.39, 0.29) is 35.5 Å². The number of fused-ring (bicyclic) bond motifs is 5. The SMILES string of the molecule is COc1ccc(Cl)cc1-c1ccc(/C=N\N2C(=O)[C@@H]3[C@H](C2=O)[C@H]2C=C[C@H]3C2)o1. The lowest BCUT2D eigenvalue weighted by atomic mass is 9.85. The van der Waals surface area contributed by atoms with Gasteiger partial charge in [0.2, 0.25) is 0 Å². The number of hydrogen-bond donors (Lipinski definition) is 0. The molecule has 7 heteroatoms. The summed E-state index contributed by atoms with van der Waals surface area (Å²) in [6, 6.07) is 8.73. The minimum Gasteiger partial charge on any atom is -0.496 e. The Bertz CT molecular complexity index is 1010. The molecule has 0 radical (unpaired) electrons. The average molecular weight is 397 g/mol. The van der Waals surface area contributed by atoms with Crippen LogP contribution in [-0.4, -0.2) is 30.1 Å². The molecule has 2 aromatic rings. The molecule has 1 aromatic carbocycles. The fourth-order valence-corrected chi connectivity index (χ4v) is 4.73. The fourth-order valence-electron chi connectivity index (χ4n) is 4.55. The summed E-state index contributed by atoms with van der Waals surface area (Å²) >= 11 is 6.07. The van der Waals surface area contributed by atoms with E-state index in [1.165, 1.54) is 6.21 Å². The highest BCUT2D eigenvalue weighted by Crippen LogP contribution is 2.52. The quantitative estimate of drug-likeness (QED) is 0.448. The van der Waals surface area contributed by atoms with Crippen LogP contribution < -0.4 is 4.74 Å². The number of halogens is 1. The highest BCUT2D eigenvalue weighted by molar-refractivity contribution is 6.31. The van der Waals surface area contributed by atoms with Crippen molar-refractivity contribution < 1.29 is 18.7 Å².